The van der Waals surface area contributed by atoms with Crippen LogP contribution >= 0.6 is 0 Å². The second kappa shape index (κ2) is 7.73. The summed E-state index contributed by atoms with van der Waals surface area (Å²) < 4.78 is 0. The monoisotopic (exact) mass is 269 g/mol. The van der Waals surface area contributed by atoms with Gasteiger partial charge in [0.05, 0.1) is 0 Å². The highest BCUT2D eigenvalue weighted by atomic mass is 16.4. The van der Waals surface area contributed by atoms with Gasteiger partial charge in [-0.25, -0.2) is 0 Å². The van der Waals surface area contributed by atoms with Crippen molar-refractivity contribution in [2.75, 3.05) is 6.54 Å². The average Bonchev–Trinajstić information content (AvgIpc) is 2.58. The van der Waals surface area contributed by atoms with E-state index in [4.69, 9.17) is 10.9 Å². The molecule has 1 aliphatic rings. The van der Waals surface area contributed by atoms with Crippen LogP contribution in [0.2, 0.25) is 0 Å². The predicted molar refractivity (Wildman–Crippen MR) is 80.5 cm³/mol. The van der Waals surface area contributed by atoms with Crippen molar-refractivity contribution in [1.82, 2.24) is 5.32 Å². The molecule has 0 aromatic rings. The molecule has 0 radical (unpaired) electrons. The summed E-state index contributed by atoms with van der Waals surface area (Å²) in [6.07, 6.45) is 8.80. The predicted octanol–water partition coefficient (Wildman–Crippen LogP) is 3.10. The first kappa shape index (κ1) is 16.3. The van der Waals surface area contributed by atoms with Gasteiger partial charge in [-0.2, -0.15) is 0 Å². The largest absolute Gasteiger partial charge is 0.409 e. The van der Waals surface area contributed by atoms with Crippen molar-refractivity contribution in [3.05, 3.63) is 0 Å². The van der Waals surface area contributed by atoms with Gasteiger partial charge in [0.15, 0.2) is 0 Å². The van der Waals surface area contributed by atoms with E-state index in [9.17, 15) is 0 Å². The van der Waals surface area contributed by atoms with Gasteiger partial charge in [-0.15, -0.1) is 0 Å². The van der Waals surface area contributed by atoms with Gasteiger partial charge in [0, 0.05) is 11.5 Å². The first-order chi connectivity index (χ1) is 8.97. The van der Waals surface area contributed by atoms with Crippen LogP contribution in [0.1, 0.15) is 65.7 Å². The fourth-order valence-electron chi connectivity index (χ4n) is 2.88. The fraction of sp³-hybridized carbons (Fsp3) is 0.933. The lowest BCUT2D eigenvalue weighted by molar-refractivity contribution is 0.302. The topological polar surface area (TPSA) is 70.6 Å². The molecule has 4 nitrogen and oxygen atoms in total. The Morgan fingerprint density at radius 3 is 2.68 bits per heavy atom. The first-order valence-electron chi connectivity index (χ1n) is 7.69. The molecule has 4 N–H and O–H groups in total. The third-order valence-electron chi connectivity index (χ3n) is 4.55. The zero-order valence-electron chi connectivity index (χ0n) is 12.8. The van der Waals surface area contributed by atoms with Crippen LogP contribution in [0.5, 0.6) is 0 Å². The molecule has 1 saturated carbocycles. The Kier molecular flexibility index (Phi) is 6.63. The number of nitrogens with zero attached hydrogens (tertiary/aromatic N) is 1. The number of hydrogen-bond acceptors (Lipinski definition) is 3. The van der Waals surface area contributed by atoms with Crippen molar-refractivity contribution in [2.24, 2.45) is 22.2 Å². The minimum absolute atomic E-state index is 0.217. The summed E-state index contributed by atoms with van der Waals surface area (Å²) in [6.45, 7) is 7.44. The van der Waals surface area contributed by atoms with Crippen molar-refractivity contribution in [2.45, 2.75) is 71.8 Å². The molecule has 1 aliphatic carbocycles. The Hall–Kier alpha value is -0.770. The zero-order valence-corrected chi connectivity index (χ0v) is 12.8. The molecule has 0 saturated heterocycles. The highest BCUT2D eigenvalue weighted by Crippen LogP contribution is 2.24. The van der Waals surface area contributed by atoms with E-state index in [1.807, 2.05) is 13.8 Å². The van der Waals surface area contributed by atoms with E-state index in [0.29, 0.717) is 11.9 Å². The molecular weight excluding hydrogens is 238 g/mol. The van der Waals surface area contributed by atoms with E-state index < -0.39 is 0 Å². The number of nitrogens with one attached hydrogen (secondary N) is 1. The number of amidine groups is 1. The number of nitrogens with two attached hydrogens (primary N) is 1. The Bertz CT molecular complexity index is 289. The summed E-state index contributed by atoms with van der Waals surface area (Å²) >= 11 is 0. The van der Waals surface area contributed by atoms with Crippen LogP contribution in [-0.2, 0) is 0 Å². The van der Waals surface area contributed by atoms with E-state index >= 15 is 0 Å². The molecule has 0 aromatic heterocycles. The summed E-state index contributed by atoms with van der Waals surface area (Å²) in [7, 11) is 0. The lowest BCUT2D eigenvalue weighted by atomic mass is 9.86. The van der Waals surface area contributed by atoms with Crippen LogP contribution in [0.15, 0.2) is 5.16 Å². The highest BCUT2D eigenvalue weighted by Gasteiger charge is 2.23. The SMILES string of the molecule is CC1CCCCCC1NCCCC(C)(C)C(N)=NO. The van der Waals surface area contributed by atoms with Gasteiger partial charge in [-0.3, -0.25) is 0 Å². The molecule has 1 fully saturated rings. The maximum absolute atomic E-state index is 8.74. The molecule has 4 heteroatoms. The highest BCUT2D eigenvalue weighted by molar-refractivity contribution is 5.85. The van der Waals surface area contributed by atoms with Crippen LogP contribution in [0.3, 0.4) is 0 Å². The van der Waals surface area contributed by atoms with Crippen LogP contribution < -0.4 is 11.1 Å². The van der Waals surface area contributed by atoms with Crippen LogP contribution in [0.4, 0.5) is 0 Å². The second-order valence-corrected chi connectivity index (χ2v) is 6.65. The lowest BCUT2D eigenvalue weighted by Crippen LogP contribution is -2.36. The second-order valence-electron chi connectivity index (χ2n) is 6.65. The average molecular weight is 269 g/mol. The van der Waals surface area contributed by atoms with Gasteiger partial charge in [0.1, 0.15) is 5.84 Å². The van der Waals surface area contributed by atoms with Gasteiger partial charge in [-0.05, 0) is 38.1 Å². The summed E-state index contributed by atoms with van der Waals surface area (Å²) in [6, 6.07) is 0.675. The molecule has 0 amide bonds. The normalized spacial score (nSPS) is 26.2. The summed E-state index contributed by atoms with van der Waals surface area (Å²) in [5.41, 5.74) is 5.48. The molecule has 19 heavy (non-hydrogen) atoms. The Morgan fingerprint density at radius 1 is 1.32 bits per heavy atom. The van der Waals surface area contributed by atoms with Crippen molar-refractivity contribution >= 4 is 5.84 Å². The van der Waals surface area contributed by atoms with Gasteiger partial charge >= 0.3 is 0 Å². The first-order valence-corrected chi connectivity index (χ1v) is 7.69. The minimum Gasteiger partial charge on any atom is -0.409 e. The minimum atomic E-state index is -0.217. The van der Waals surface area contributed by atoms with Crippen LogP contribution in [-0.4, -0.2) is 23.6 Å². The summed E-state index contributed by atoms with van der Waals surface area (Å²) in [5.74, 6) is 1.12. The summed E-state index contributed by atoms with van der Waals surface area (Å²) in [5, 5.41) is 15.6. The van der Waals surface area contributed by atoms with Crippen molar-refractivity contribution in [3.8, 4) is 0 Å². The van der Waals surface area contributed by atoms with E-state index in [-0.39, 0.29) is 5.41 Å². The molecule has 1 rings (SSSR count). The van der Waals surface area contributed by atoms with Crippen LogP contribution in [0, 0.1) is 11.3 Å². The number of oxime groups is 1. The smallest absolute Gasteiger partial charge is 0.144 e. The van der Waals surface area contributed by atoms with Gasteiger partial charge < -0.3 is 16.3 Å². The maximum Gasteiger partial charge on any atom is 0.144 e. The van der Waals surface area contributed by atoms with E-state index in [0.717, 1.165) is 25.3 Å². The Balaban J connectivity index is 2.26. The van der Waals surface area contributed by atoms with Crippen molar-refractivity contribution in [1.29, 1.82) is 0 Å². The molecule has 0 heterocycles. The molecule has 0 aromatic carbocycles. The van der Waals surface area contributed by atoms with Gasteiger partial charge in [0.25, 0.3) is 0 Å². The van der Waals surface area contributed by atoms with E-state index in [2.05, 4.69) is 17.4 Å². The third-order valence-corrected chi connectivity index (χ3v) is 4.55. The molecule has 0 aliphatic heterocycles. The van der Waals surface area contributed by atoms with E-state index in [1.54, 1.807) is 0 Å². The van der Waals surface area contributed by atoms with E-state index in [1.165, 1.54) is 32.1 Å². The molecule has 0 bridgehead atoms. The molecule has 2 unspecified atom stereocenters. The molecule has 112 valence electrons. The fourth-order valence-corrected chi connectivity index (χ4v) is 2.88. The Labute approximate surface area is 117 Å². The zero-order chi connectivity index (χ0) is 14.3. The molecule has 2 atom stereocenters. The van der Waals surface area contributed by atoms with Crippen LogP contribution in [0.25, 0.3) is 0 Å². The number of hydrogen-bond donors (Lipinski definition) is 3. The molecular formula is C15H31N3O. The Morgan fingerprint density at radius 2 is 2.00 bits per heavy atom. The van der Waals surface area contributed by atoms with Crippen molar-refractivity contribution in [3.63, 3.8) is 0 Å². The van der Waals surface area contributed by atoms with Crippen molar-refractivity contribution < 1.29 is 5.21 Å². The summed E-state index contributed by atoms with van der Waals surface area (Å²) in [4.78, 5) is 0. The van der Waals surface area contributed by atoms with Gasteiger partial charge in [-0.1, -0.05) is 45.2 Å². The molecule has 0 spiro atoms. The standard InChI is InChI=1S/C15H31N3O/c1-12-8-5-4-6-9-13(12)17-11-7-10-15(2,3)14(16)18-19/h12-13,17,19H,4-11H2,1-3H3,(H2,16,18). The van der Waals surface area contributed by atoms with Gasteiger partial charge in [0.2, 0.25) is 0 Å². The quantitative estimate of drug-likeness (QED) is 0.173. The maximum atomic E-state index is 8.74. The lowest BCUT2D eigenvalue weighted by Gasteiger charge is -2.25. The number of rotatable bonds is 6. The third kappa shape index (κ3) is 5.39.